The molecule has 1 amide bonds. The summed E-state index contributed by atoms with van der Waals surface area (Å²) in [4.78, 5) is 35.1. The van der Waals surface area contributed by atoms with E-state index in [1.807, 2.05) is 29.2 Å². The van der Waals surface area contributed by atoms with Gasteiger partial charge in [-0.2, -0.15) is 0 Å². The van der Waals surface area contributed by atoms with Crippen LogP contribution in [0.3, 0.4) is 0 Å². The maximum absolute atomic E-state index is 12.7. The van der Waals surface area contributed by atoms with Crippen LogP contribution in [0.25, 0.3) is 0 Å². The van der Waals surface area contributed by atoms with E-state index in [-0.39, 0.29) is 23.6 Å². The first-order valence-corrected chi connectivity index (χ1v) is 8.60. The number of hydrogen-bond donors (Lipinski definition) is 1. The van der Waals surface area contributed by atoms with Crippen molar-refractivity contribution >= 4 is 23.3 Å². The zero-order valence-corrected chi connectivity index (χ0v) is 14.2. The van der Waals surface area contributed by atoms with E-state index in [1.54, 1.807) is 6.92 Å². The third-order valence-electron chi connectivity index (χ3n) is 5.07. The van der Waals surface area contributed by atoms with Gasteiger partial charge >= 0.3 is 0 Å². The molecule has 1 fully saturated rings. The molecule has 1 atom stereocenters. The van der Waals surface area contributed by atoms with Crippen LogP contribution in [0.2, 0.25) is 0 Å². The van der Waals surface area contributed by atoms with Crippen LogP contribution in [0.15, 0.2) is 24.3 Å². The molecule has 25 heavy (non-hydrogen) atoms. The molecule has 1 aliphatic carbocycles. The van der Waals surface area contributed by atoms with Crippen LogP contribution < -0.4 is 10.6 Å². The number of aromatic nitrogens is 2. The molecule has 1 aromatic heterocycles. The molecule has 2 aliphatic rings. The summed E-state index contributed by atoms with van der Waals surface area (Å²) in [5.41, 5.74) is 9.70. The van der Waals surface area contributed by atoms with E-state index >= 15 is 0 Å². The maximum atomic E-state index is 12.7. The van der Waals surface area contributed by atoms with Crippen molar-refractivity contribution in [2.75, 3.05) is 17.2 Å². The van der Waals surface area contributed by atoms with Crippen LogP contribution >= 0.6 is 0 Å². The van der Waals surface area contributed by atoms with Crippen LogP contribution in [0.5, 0.6) is 0 Å². The largest absolute Gasteiger partial charge is 0.368 e. The van der Waals surface area contributed by atoms with Crippen molar-refractivity contribution in [1.82, 2.24) is 9.97 Å². The van der Waals surface area contributed by atoms with Gasteiger partial charge in [-0.05, 0) is 37.3 Å². The highest BCUT2D eigenvalue weighted by Gasteiger charge is 2.33. The summed E-state index contributed by atoms with van der Waals surface area (Å²) in [5, 5.41) is 0. The average Bonchev–Trinajstić information content (AvgIpc) is 2.99. The standard InChI is InChI=1S/C19H20N4O2/c1-11-18-14(22-19(20)21-11)9-12(10-16(18)24)13-5-2-3-6-15(13)23-8-4-7-17(23)25/h2-3,5-6,12H,4,7-10H2,1H3,(H2,20,21,22). The number of anilines is 2. The number of carbonyl (C=O) groups excluding carboxylic acids is 2. The molecule has 0 radical (unpaired) electrons. The van der Waals surface area contributed by atoms with E-state index in [1.165, 1.54) is 0 Å². The molecular formula is C19H20N4O2. The smallest absolute Gasteiger partial charge is 0.227 e. The molecule has 4 rings (SSSR count). The summed E-state index contributed by atoms with van der Waals surface area (Å²) >= 11 is 0. The number of fused-ring (bicyclic) bond motifs is 1. The summed E-state index contributed by atoms with van der Waals surface area (Å²) < 4.78 is 0. The second kappa shape index (κ2) is 5.95. The summed E-state index contributed by atoms with van der Waals surface area (Å²) in [5.74, 6) is 0.398. The molecule has 1 unspecified atom stereocenters. The third-order valence-corrected chi connectivity index (χ3v) is 5.07. The Labute approximate surface area is 146 Å². The molecule has 1 saturated heterocycles. The highest BCUT2D eigenvalue weighted by atomic mass is 16.2. The number of para-hydroxylation sites is 1. The Morgan fingerprint density at radius 1 is 1.16 bits per heavy atom. The molecule has 1 aromatic carbocycles. The van der Waals surface area contributed by atoms with Gasteiger partial charge in [-0.25, -0.2) is 9.97 Å². The van der Waals surface area contributed by atoms with E-state index in [0.29, 0.717) is 36.2 Å². The van der Waals surface area contributed by atoms with Gasteiger partial charge in [0, 0.05) is 25.1 Å². The highest BCUT2D eigenvalue weighted by Crippen LogP contribution is 2.38. The number of Topliss-reactive ketones (excluding diaryl/α,β-unsaturated/α-hetero) is 1. The van der Waals surface area contributed by atoms with Crippen molar-refractivity contribution in [1.29, 1.82) is 0 Å². The van der Waals surface area contributed by atoms with Gasteiger partial charge in [0.1, 0.15) is 0 Å². The van der Waals surface area contributed by atoms with Gasteiger partial charge in [0.05, 0.1) is 17.0 Å². The average molecular weight is 336 g/mol. The monoisotopic (exact) mass is 336 g/mol. The fourth-order valence-electron chi connectivity index (χ4n) is 4.00. The van der Waals surface area contributed by atoms with Gasteiger partial charge in [0.25, 0.3) is 0 Å². The molecule has 0 saturated carbocycles. The lowest BCUT2D eigenvalue weighted by molar-refractivity contribution is -0.117. The van der Waals surface area contributed by atoms with Gasteiger partial charge in [0.2, 0.25) is 11.9 Å². The first-order chi connectivity index (χ1) is 12.0. The number of amides is 1. The third kappa shape index (κ3) is 2.67. The van der Waals surface area contributed by atoms with Crippen LogP contribution in [0, 0.1) is 6.92 Å². The highest BCUT2D eigenvalue weighted by molar-refractivity contribution is 6.00. The van der Waals surface area contributed by atoms with Crippen molar-refractivity contribution in [3.05, 3.63) is 46.8 Å². The first-order valence-electron chi connectivity index (χ1n) is 8.60. The molecule has 128 valence electrons. The molecule has 2 heterocycles. The van der Waals surface area contributed by atoms with Crippen molar-refractivity contribution in [3.8, 4) is 0 Å². The lowest BCUT2D eigenvalue weighted by Crippen LogP contribution is -2.28. The maximum Gasteiger partial charge on any atom is 0.227 e. The lowest BCUT2D eigenvalue weighted by atomic mass is 9.80. The van der Waals surface area contributed by atoms with Gasteiger partial charge in [0.15, 0.2) is 5.78 Å². The quantitative estimate of drug-likeness (QED) is 0.909. The van der Waals surface area contributed by atoms with Crippen LogP contribution in [0.4, 0.5) is 11.6 Å². The number of hydrogen-bond acceptors (Lipinski definition) is 5. The van der Waals surface area contributed by atoms with Crippen molar-refractivity contribution < 1.29 is 9.59 Å². The SMILES string of the molecule is Cc1nc(N)nc2c1C(=O)CC(c1ccccc1N1CCCC1=O)C2. The van der Waals surface area contributed by atoms with Gasteiger partial charge in [-0.3, -0.25) is 9.59 Å². The predicted octanol–water partition coefficient (Wildman–Crippen LogP) is 2.41. The molecule has 0 bridgehead atoms. The number of nitrogen functional groups attached to an aromatic ring is 1. The number of benzene rings is 1. The first kappa shape index (κ1) is 15.7. The van der Waals surface area contributed by atoms with Crippen LogP contribution in [0.1, 0.15) is 52.5 Å². The number of nitrogens with two attached hydrogens (primary N) is 1. The Balaban J connectivity index is 1.75. The normalized spacial score (nSPS) is 20.0. The Bertz CT molecular complexity index is 878. The van der Waals surface area contributed by atoms with Crippen molar-refractivity contribution in [3.63, 3.8) is 0 Å². The second-order valence-corrected chi connectivity index (χ2v) is 6.73. The minimum Gasteiger partial charge on any atom is -0.368 e. The van der Waals surface area contributed by atoms with Crippen LogP contribution in [-0.4, -0.2) is 28.2 Å². The summed E-state index contributed by atoms with van der Waals surface area (Å²) in [6, 6.07) is 7.88. The van der Waals surface area contributed by atoms with E-state index in [9.17, 15) is 9.59 Å². The molecule has 2 aromatic rings. The molecule has 6 nitrogen and oxygen atoms in total. The molecule has 1 aliphatic heterocycles. The Kier molecular flexibility index (Phi) is 3.75. The summed E-state index contributed by atoms with van der Waals surface area (Å²) in [7, 11) is 0. The van der Waals surface area contributed by atoms with E-state index < -0.39 is 0 Å². The Morgan fingerprint density at radius 3 is 2.72 bits per heavy atom. The van der Waals surface area contributed by atoms with Crippen molar-refractivity contribution in [2.45, 2.75) is 38.5 Å². The second-order valence-electron chi connectivity index (χ2n) is 6.73. The van der Waals surface area contributed by atoms with Crippen molar-refractivity contribution in [2.24, 2.45) is 0 Å². The fourth-order valence-corrected chi connectivity index (χ4v) is 4.00. The minimum atomic E-state index is -0.00157. The van der Waals surface area contributed by atoms with Gasteiger partial charge in [-0.1, -0.05) is 18.2 Å². The Hall–Kier alpha value is -2.76. The summed E-state index contributed by atoms with van der Waals surface area (Å²) in [6.07, 6.45) is 2.50. The predicted molar refractivity (Wildman–Crippen MR) is 94.6 cm³/mol. The van der Waals surface area contributed by atoms with Gasteiger partial charge in [-0.15, -0.1) is 0 Å². The molecule has 2 N–H and O–H groups in total. The minimum absolute atomic E-state index is 0.00157. The zero-order chi connectivity index (χ0) is 17.6. The molecule has 0 spiro atoms. The topological polar surface area (TPSA) is 89.2 Å². The van der Waals surface area contributed by atoms with E-state index in [2.05, 4.69) is 9.97 Å². The summed E-state index contributed by atoms with van der Waals surface area (Å²) in [6.45, 7) is 2.53. The van der Waals surface area contributed by atoms with E-state index in [0.717, 1.165) is 24.2 Å². The number of rotatable bonds is 2. The number of ketones is 1. The van der Waals surface area contributed by atoms with Crippen LogP contribution in [-0.2, 0) is 11.2 Å². The van der Waals surface area contributed by atoms with E-state index in [4.69, 9.17) is 5.73 Å². The van der Waals surface area contributed by atoms with Gasteiger partial charge < -0.3 is 10.6 Å². The fraction of sp³-hybridized carbons (Fsp3) is 0.368. The number of nitrogens with zero attached hydrogens (tertiary/aromatic N) is 3. The number of carbonyl (C=O) groups is 2. The molecule has 6 heteroatoms. The molecular weight excluding hydrogens is 316 g/mol. The lowest BCUT2D eigenvalue weighted by Gasteiger charge is -2.28. The zero-order valence-electron chi connectivity index (χ0n) is 14.2. The number of aryl methyl sites for hydroxylation is 1. The Morgan fingerprint density at radius 2 is 1.96 bits per heavy atom.